The van der Waals surface area contributed by atoms with E-state index in [4.69, 9.17) is 11.6 Å². The van der Waals surface area contributed by atoms with Crippen molar-refractivity contribution in [3.8, 4) is 0 Å². The molecule has 18 heavy (non-hydrogen) atoms. The predicted molar refractivity (Wildman–Crippen MR) is 69.2 cm³/mol. The Hall–Kier alpha value is -1.20. The van der Waals surface area contributed by atoms with Crippen LogP contribution in [0.4, 0.5) is 0 Å². The van der Waals surface area contributed by atoms with E-state index >= 15 is 0 Å². The third-order valence-electron chi connectivity index (χ3n) is 3.22. The average Bonchev–Trinajstić information content (AvgIpc) is 2.41. The second-order valence-corrected chi connectivity index (χ2v) is 4.83. The van der Waals surface area contributed by atoms with Gasteiger partial charge in [0.2, 0.25) is 5.91 Å². The number of aromatic nitrogens is 2. The molecule has 1 saturated heterocycles. The first-order valence-corrected chi connectivity index (χ1v) is 6.52. The van der Waals surface area contributed by atoms with E-state index in [1.165, 1.54) is 0 Å². The van der Waals surface area contributed by atoms with Gasteiger partial charge in [0, 0.05) is 13.6 Å². The minimum absolute atomic E-state index is 0.0544. The number of likely N-dealkylation sites (tertiary alicyclic amines) is 1. The fourth-order valence-electron chi connectivity index (χ4n) is 2.28. The third-order valence-corrected chi connectivity index (χ3v) is 3.42. The number of piperidine rings is 1. The van der Waals surface area contributed by atoms with Crippen molar-refractivity contribution in [2.75, 3.05) is 13.6 Å². The van der Waals surface area contributed by atoms with E-state index in [2.05, 4.69) is 20.4 Å². The van der Waals surface area contributed by atoms with Crippen LogP contribution in [0.3, 0.4) is 0 Å². The van der Waals surface area contributed by atoms with Gasteiger partial charge in [-0.2, -0.15) is 5.10 Å². The van der Waals surface area contributed by atoms with Crippen molar-refractivity contribution in [2.24, 2.45) is 0 Å². The van der Waals surface area contributed by atoms with E-state index < -0.39 is 0 Å². The maximum absolute atomic E-state index is 11.8. The zero-order valence-corrected chi connectivity index (χ0v) is 11.2. The zero-order chi connectivity index (χ0) is 13.0. The van der Waals surface area contributed by atoms with Crippen molar-refractivity contribution in [2.45, 2.75) is 31.8 Å². The van der Waals surface area contributed by atoms with Gasteiger partial charge in [-0.3, -0.25) is 9.69 Å². The van der Waals surface area contributed by atoms with Crippen molar-refractivity contribution in [1.29, 1.82) is 0 Å². The first kappa shape index (κ1) is 13.2. The molecule has 1 aliphatic heterocycles. The molecule has 6 heteroatoms. The summed E-state index contributed by atoms with van der Waals surface area (Å²) in [5, 5.41) is 11.0. The summed E-state index contributed by atoms with van der Waals surface area (Å²) in [4.78, 5) is 14.0. The van der Waals surface area contributed by atoms with E-state index in [0.717, 1.165) is 31.5 Å². The maximum Gasteiger partial charge on any atom is 0.237 e. The fraction of sp³-hybridized carbons (Fsp3) is 0.583. The molecule has 0 saturated carbocycles. The molecule has 0 spiro atoms. The van der Waals surface area contributed by atoms with Gasteiger partial charge in [-0.05, 0) is 31.5 Å². The summed E-state index contributed by atoms with van der Waals surface area (Å²) in [7, 11) is 1.68. The maximum atomic E-state index is 11.8. The number of likely N-dealkylation sites (N-methyl/N-ethyl adjacent to an activating group) is 1. The van der Waals surface area contributed by atoms with Crippen LogP contribution < -0.4 is 5.32 Å². The number of nitrogens with zero attached hydrogens (tertiary/aromatic N) is 3. The number of nitrogens with one attached hydrogen (secondary N) is 1. The molecule has 1 fully saturated rings. The lowest BCUT2D eigenvalue weighted by atomic mass is 10.0. The van der Waals surface area contributed by atoms with Crippen LogP contribution in [0.1, 0.15) is 25.0 Å². The predicted octanol–water partition coefficient (Wildman–Crippen LogP) is 1.23. The summed E-state index contributed by atoms with van der Waals surface area (Å²) < 4.78 is 0. The topological polar surface area (TPSA) is 58.1 Å². The second kappa shape index (κ2) is 6.11. The molecule has 1 atom stereocenters. The molecule has 5 nitrogen and oxygen atoms in total. The van der Waals surface area contributed by atoms with Gasteiger partial charge in [0.25, 0.3) is 0 Å². The SMILES string of the molecule is CNC(=O)C1CCCCN1Cc1ccc(Cl)nn1. The summed E-state index contributed by atoms with van der Waals surface area (Å²) in [6, 6.07) is 3.52. The Kier molecular flexibility index (Phi) is 4.49. The minimum Gasteiger partial charge on any atom is -0.358 e. The average molecular weight is 269 g/mol. The van der Waals surface area contributed by atoms with Crippen LogP contribution in [0.5, 0.6) is 0 Å². The molecule has 1 N–H and O–H groups in total. The number of carbonyl (C=O) groups is 1. The molecule has 0 bridgehead atoms. The molecule has 1 amide bonds. The first-order valence-electron chi connectivity index (χ1n) is 6.14. The van der Waals surface area contributed by atoms with Crippen molar-refractivity contribution in [3.63, 3.8) is 0 Å². The lowest BCUT2D eigenvalue weighted by Crippen LogP contribution is -2.48. The molecular formula is C12H17ClN4O. The van der Waals surface area contributed by atoms with Crippen molar-refractivity contribution in [3.05, 3.63) is 23.0 Å². The monoisotopic (exact) mass is 268 g/mol. The molecule has 1 unspecified atom stereocenters. The summed E-state index contributed by atoms with van der Waals surface area (Å²) in [6.45, 7) is 1.56. The van der Waals surface area contributed by atoms with E-state index in [1.54, 1.807) is 13.1 Å². The Labute approximate surface area is 112 Å². The smallest absolute Gasteiger partial charge is 0.237 e. The van der Waals surface area contributed by atoms with Crippen molar-refractivity contribution < 1.29 is 4.79 Å². The van der Waals surface area contributed by atoms with Crippen LogP contribution in [0.2, 0.25) is 5.15 Å². The van der Waals surface area contributed by atoms with Gasteiger partial charge in [0.1, 0.15) is 0 Å². The van der Waals surface area contributed by atoms with Gasteiger partial charge in [-0.25, -0.2) is 0 Å². The van der Waals surface area contributed by atoms with Crippen molar-refractivity contribution in [1.82, 2.24) is 20.4 Å². The molecule has 2 heterocycles. The number of hydrogen-bond acceptors (Lipinski definition) is 4. The van der Waals surface area contributed by atoms with Gasteiger partial charge in [-0.15, -0.1) is 5.10 Å². The van der Waals surface area contributed by atoms with E-state index in [1.807, 2.05) is 6.07 Å². The third kappa shape index (κ3) is 3.17. The molecule has 1 aliphatic rings. The summed E-state index contributed by atoms with van der Waals surface area (Å²) >= 11 is 5.70. The van der Waals surface area contributed by atoms with Gasteiger partial charge in [0.05, 0.1) is 11.7 Å². The van der Waals surface area contributed by atoms with Gasteiger partial charge >= 0.3 is 0 Å². The fourth-order valence-corrected chi connectivity index (χ4v) is 2.38. The molecule has 1 aromatic heterocycles. The molecule has 1 aromatic rings. The standard InChI is InChI=1S/C12H17ClN4O/c1-14-12(18)10-4-2-3-7-17(10)8-9-5-6-11(13)16-15-9/h5-6,10H,2-4,7-8H2,1H3,(H,14,18). The lowest BCUT2D eigenvalue weighted by molar-refractivity contribution is -0.127. The van der Waals surface area contributed by atoms with Crippen LogP contribution in [-0.2, 0) is 11.3 Å². The molecule has 0 radical (unpaired) electrons. The van der Waals surface area contributed by atoms with Gasteiger partial charge in [0.15, 0.2) is 5.15 Å². The Morgan fingerprint density at radius 2 is 2.33 bits per heavy atom. The number of carbonyl (C=O) groups excluding carboxylic acids is 1. The van der Waals surface area contributed by atoms with Crippen molar-refractivity contribution >= 4 is 17.5 Å². The Bertz CT molecular complexity index is 409. The molecule has 0 aromatic carbocycles. The number of amides is 1. The lowest BCUT2D eigenvalue weighted by Gasteiger charge is -2.33. The highest BCUT2D eigenvalue weighted by atomic mass is 35.5. The highest BCUT2D eigenvalue weighted by Crippen LogP contribution is 2.19. The first-order chi connectivity index (χ1) is 8.70. The number of halogens is 1. The quantitative estimate of drug-likeness (QED) is 0.896. The van der Waals surface area contributed by atoms with Crippen LogP contribution in [0, 0.1) is 0 Å². The van der Waals surface area contributed by atoms with Gasteiger partial charge in [-0.1, -0.05) is 18.0 Å². The van der Waals surface area contributed by atoms with Crippen LogP contribution in [0.15, 0.2) is 12.1 Å². The van der Waals surface area contributed by atoms with Crippen LogP contribution in [-0.4, -0.2) is 40.6 Å². The van der Waals surface area contributed by atoms with Crippen LogP contribution >= 0.6 is 11.6 Å². The largest absolute Gasteiger partial charge is 0.358 e. The van der Waals surface area contributed by atoms with Crippen LogP contribution in [0.25, 0.3) is 0 Å². The summed E-state index contributed by atoms with van der Waals surface area (Å²) in [6.07, 6.45) is 3.12. The molecular weight excluding hydrogens is 252 g/mol. The summed E-state index contributed by atoms with van der Waals surface area (Å²) in [5.41, 5.74) is 0.843. The Balaban J connectivity index is 2.05. The number of rotatable bonds is 3. The van der Waals surface area contributed by atoms with E-state index in [0.29, 0.717) is 11.7 Å². The number of hydrogen-bond donors (Lipinski definition) is 1. The highest BCUT2D eigenvalue weighted by molar-refractivity contribution is 6.29. The van der Waals surface area contributed by atoms with Gasteiger partial charge < -0.3 is 5.32 Å². The van der Waals surface area contributed by atoms with E-state index in [9.17, 15) is 4.79 Å². The Morgan fingerprint density at radius 3 is 3.00 bits per heavy atom. The molecule has 2 rings (SSSR count). The van der Waals surface area contributed by atoms with E-state index in [-0.39, 0.29) is 11.9 Å². The zero-order valence-electron chi connectivity index (χ0n) is 10.4. The second-order valence-electron chi connectivity index (χ2n) is 4.44. The molecule has 0 aliphatic carbocycles. The normalized spacial score (nSPS) is 20.7. The highest BCUT2D eigenvalue weighted by Gasteiger charge is 2.28. The Morgan fingerprint density at radius 1 is 1.50 bits per heavy atom. The minimum atomic E-state index is -0.0544. The molecule has 98 valence electrons. The summed E-state index contributed by atoms with van der Waals surface area (Å²) in [5.74, 6) is 0.0802.